The van der Waals surface area contributed by atoms with Crippen LogP contribution in [0.2, 0.25) is 0 Å². The van der Waals surface area contributed by atoms with Crippen LogP contribution in [0.5, 0.6) is 5.75 Å². The molecular weight excluding hydrogens is 432 g/mol. The monoisotopic (exact) mass is 482 g/mol. The molecule has 0 aromatic heterocycles. The lowest BCUT2D eigenvalue weighted by atomic mass is 9.78. The van der Waals surface area contributed by atoms with Crippen molar-refractivity contribution in [3.63, 3.8) is 0 Å². The first-order valence-corrected chi connectivity index (χ1v) is 13.4. The van der Waals surface area contributed by atoms with Crippen LogP contribution in [0.25, 0.3) is 5.57 Å². The Hall–Kier alpha value is -2.29. The number of unbranched alkanes of at least 4 members (excludes halogenated alkanes) is 1. The van der Waals surface area contributed by atoms with Gasteiger partial charge in [-0.15, -0.1) is 0 Å². The van der Waals surface area contributed by atoms with Crippen LogP contribution in [-0.2, 0) is 20.4 Å². The molecule has 1 rings (SSSR count). The number of allylic oxidation sites excluding steroid dienone is 5. The third-order valence-corrected chi connectivity index (χ3v) is 6.22. The van der Waals surface area contributed by atoms with Gasteiger partial charge in [0.25, 0.3) is 0 Å². The Morgan fingerprint density at radius 1 is 0.943 bits per heavy atom. The molecule has 0 atom stereocenters. The normalized spacial score (nSPS) is 13.7. The Morgan fingerprint density at radius 2 is 1.60 bits per heavy atom. The van der Waals surface area contributed by atoms with Gasteiger partial charge in [0.15, 0.2) is 0 Å². The topological polar surface area (TPSA) is 35.5 Å². The third-order valence-electron chi connectivity index (χ3n) is 6.22. The van der Waals surface area contributed by atoms with E-state index in [0.29, 0.717) is 19.6 Å². The van der Waals surface area contributed by atoms with E-state index in [1.165, 1.54) is 11.1 Å². The van der Waals surface area contributed by atoms with Crippen molar-refractivity contribution in [2.45, 2.75) is 113 Å². The zero-order valence-corrected chi connectivity index (χ0v) is 24.4. The van der Waals surface area contributed by atoms with Crippen LogP contribution < -0.4 is 4.74 Å². The molecule has 0 saturated heterocycles. The molecule has 0 saturated carbocycles. The molecule has 0 heterocycles. The van der Waals surface area contributed by atoms with Crippen LogP contribution >= 0.6 is 0 Å². The predicted molar refractivity (Wildman–Crippen MR) is 151 cm³/mol. The van der Waals surface area contributed by atoms with Gasteiger partial charge in [0.1, 0.15) is 5.75 Å². The Balaban J connectivity index is 3.64. The van der Waals surface area contributed by atoms with Gasteiger partial charge >= 0.3 is 5.97 Å². The second kappa shape index (κ2) is 13.7. The molecule has 0 amide bonds. The van der Waals surface area contributed by atoms with Crippen LogP contribution in [0, 0.1) is 0 Å². The van der Waals surface area contributed by atoms with Crippen LogP contribution in [-0.4, -0.2) is 19.2 Å². The number of rotatable bonds is 11. The second-order valence-electron chi connectivity index (χ2n) is 11.2. The average Bonchev–Trinajstić information content (AvgIpc) is 2.77. The predicted octanol–water partition coefficient (Wildman–Crippen LogP) is 9.10. The molecule has 1 aromatic rings. The highest BCUT2D eigenvalue weighted by Crippen LogP contribution is 2.41. The highest BCUT2D eigenvalue weighted by atomic mass is 16.5. The van der Waals surface area contributed by atoms with Gasteiger partial charge in [-0.2, -0.15) is 0 Å². The lowest BCUT2D eigenvalue weighted by Crippen LogP contribution is -2.19. The zero-order valence-electron chi connectivity index (χ0n) is 24.4. The number of esters is 1. The van der Waals surface area contributed by atoms with Crippen LogP contribution in [0.15, 0.2) is 41.5 Å². The van der Waals surface area contributed by atoms with E-state index >= 15 is 0 Å². The molecule has 0 bridgehead atoms. The number of hydrogen-bond donors (Lipinski definition) is 0. The van der Waals surface area contributed by atoms with Crippen LogP contribution in [0.4, 0.5) is 0 Å². The maximum Gasteiger partial charge on any atom is 0.334 e. The van der Waals surface area contributed by atoms with Crippen molar-refractivity contribution in [3.05, 3.63) is 58.2 Å². The van der Waals surface area contributed by atoms with E-state index in [9.17, 15) is 4.79 Å². The Labute approximate surface area is 215 Å². The summed E-state index contributed by atoms with van der Waals surface area (Å²) in [5, 5.41) is 0. The summed E-state index contributed by atoms with van der Waals surface area (Å²) < 4.78 is 11.7. The molecule has 0 radical (unpaired) electrons. The molecule has 1 aromatic carbocycles. The molecule has 3 heteroatoms. The summed E-state index contributed by atoms with van der Waals surface area (Å²) in [5.41, 5.74) is 6.61. The lowest BCUT2D eigenvalue weighted by molar-refractivity contribution is -0.138. The van der Waals surface area contributed by atoms with E-state index in [0.717, 1.165) is 47.3 Å². The average molecular weight is 483 g/mol. The lowest BCUT2D eigenvalue weighted by Gasteiger charge is -2.29. The largest absolute Gasteiger partial charge is 0.493 e. The number of hydrogen-bond acceptors (Lipinski definition) is 3. The van der Waals surface area contributed by atoms with Gasteiger partial charge in [0.2, 0.25) is 0 Å². The minimum Gasteiger partial charge on any atom is -0.493 e. The van der Waals surface area contributed by atoms with Gasteiger partial charge in [-0.25, -0.2) is 4.79 Å². The molecule has 3 nitrogen and oxygen atoms in total. The first-order chi connectivity index (χ1) is 16.3. The van der Waals surface area contributed by atoms with E-state index in [1.807, 2.05) is 13.8 Å². The van der Waals surface area contributed by atoms with E-state index in [2.05, 4.69) is 92.7 Å². The number of ether oxygens (including phenoxy) is 2. The summed E-state index contributed by atoms with van der Waals surface area (Å²) in [6.07, 6.45) is 9.82. The fraction of sp³-hybridized carbons (Fsp3) is 0.594. The molecule has 35 heavy (non-hydrogen) atoms. The Morgan fingerprint density at radius 3 is 2.09 bits per heavy atom. The van der Waals surface area contributed by atoms with Gasteiger partial charge in [0, 0.05) is 16.7 Å². The minimum atomic E-state index is -0.212. The highest BCUT2D eigenvalue weighted by Gasteiger charge is 2.26. The highest BCUT2D eigenvalue weighted by molar-refractivity contribution is 5.89. The fourth-order valence-corrected chi connectivity index (χ4v) is 3.94. The maximum absolute atomic E-state index is 12.4. The van der Waals surface area contributed by atoms with Crippen molar-refractivity contribution < 1.29 is 14.3 Å². The summed E-state index contributed by atoms with van der Waals surface area (Å²) in [5.74, 6) is 0.782. The van der Waals surface area contributed by atoms with Gasteiger partial charge < -0.3 is 9.47 Å². The quantitative estimate of drug-likeness (QED) is 0.136. The number of carbonyl (C=O) groups is 1. The molecule has 0 aliphatic rings. The molecule has 0 unspecified atom stereocenters. The third kappa shape index (κ3) is 9.02. The molecule has 0 fully saturated rings. The molecule has 0 spiro atoms. The van der Waals surface area contributed by atoms with E-state index in [1.54, 1.807) is 0 Å². The van der Waals surface area contributed by atoms with Gasteiger partial charge in [0.05, 0.1) is 13.2 Å². The van der Waals surface area contributed by atoms with Crippen molar-refractivity contribution in [1.29, 1.82) is 0 Å². The summed E-state index contributed by atoms with van der Waals surface area (Å²) in [4.78, 5) is 12.4. The summed E-state index contributed by atoms with van der Waals surface area (Å²) in [6.45, 7) is 24.9. The first-order valence-electron chi connectivity index (χ1n) is 13.4. The summed E-state index contributed by atoms with van der Waals surface area (Å²) in [7, 11) is 0. The molecular formula is C32H50O3. The maximum atomic E-state index is 12.4. The minimum absolute atomic E-state index is 0.0284. The van der Waals surface area contributed by atoms with E-state index in [4.69, 9.17) is 9.47 Å². The Bertz CT molecular complexity index is 931. The number of benzene rings is 1. The van der Waals surface area contributed by atoms with Crippen molar-refractivity contribution in [2.24, 2.45) is 0 Å². The van der Waals surface area contributed by atoms with Gasteiger partial charge in [-0.3, -0.25) is 0 Å². The zero-order chi connectivity index (χ0) is 26.8. The van der Waals surface area contributed by atoms with Crippen molar-refractivity contribution in [2.75, 3.05) is 13.2 Å². The SMILES string of the molecule is CCCCOc1c(C(C)=CC=CC(CC)=C(CC)C(=O)OCC)cc(C(C)(C)C)cc1C(C)(C)C. The smallest absolute Gasteiger partial charge is 0.334 e. The van der Waals surface area contributed by atoms with Crippen LogP contribution in [0.1, 0.15) is 119 Å². The first kappa shape index (κ1) is 30.7. The van der Waals surface area contributed by atoms with E-state index < -0.39 is 0 Å². The van der Waals surface area contributed by atoms with Crippen molar-refractivity contribution in [3.8, 4) is 5.75 Å². The number of carbonyl (C=O) groups excluding carboxylic acids is 1. The van der Waals surface area contributed by atoms with Crippen LogP contribution in [0.3, 0.4) is 0 Å². The molecule has 196 valence electrons. The second-order valence-corrected chi connectivity index (χ2v) is 11.2. The van der Waals surface area contributed by atoms with Gasteiger partial charge in [-0.05, 0) is 66.7 Å². The van der Waals surface area contributed by atoms with Crippen molar-refractivity contribution in [1.82, 2.24) is 0 Å². The van der Waals surface area contributed by atoms with Crippen molar-refractivity contribution >= 4 is 11.5 Å². The Kier molecular flexibility index (Phi) is 12.0. The summed E-state index contributed by atoms with van der Waals surface area (Å²) >= 11 is 0. The standard InChI is InChI=1S/C32H50O3/c1-12-16-20-35-29-27(21-25(31(6,7)8)22-28(29)32(9,10)11)23(5)18-17-19-24(13-2)26(14-3)30(33)34-15-4/h17-19,21-22H,12-16,20H2,1-11H3. The molecule has 0 aliphatic heterocycles. The molecule has 0 aliphatic carbocycles. The van der Waals surface area contributed by atoms with Gasteiger partial charge in [-0.1, -0.05) is 93.0 Å². The fourth-order valence-electron chi connectivity index (χ4n) is 3.94. The summed E-state index contributed by atoms with van der Waals surface area (Å²) in [6, 6.07) is 4.63. The van der Waals surface area contributed by atoms with E-state index in [-0.39, 0.29) is 16.8 Å². The molecule has 0 N–H and O–H groups in total.